The minimum Gasteiger partial charge on any atom is -0.497 e. The molecule has 0 atom stereocenters. The molecule has 0 heterocycles. The molecule has 0 amide bonds. The highest BCUT2D eigenvalue weighted by Crippen LogP contribution is 2.33. The Morgan fingerprint density at radius 3 is 2.09 bits per heavy atom. The van der Waals surface area contributed by atoms with Crippen molar-refractivity contribution in [1.29, 1.82) is 0 Å². The molecule has 0 aliphatic rings. The quantitative estimate of drug-likeness (QED) is 0.764. The molecule has 0 bridgehead atoms. The lowest BCUT2D eigenvalue weighted by atomic mass is 9.99. The van der Waals surface area contributed by atoms with Crippen molar-refractivity contribution in [3.8, 4) is 22.6 Å². The predicted molar refractivity (Wildman–Crippen MR) is 92.0 cm³/mol. The zero-order chi connectivity index (χ0) is 15.5. The van der Waals surface area contributed by atoms with E-state index in [4.69, 9.17) is 9.47 Å². The first-order valence-corrected chi connectivity index (χ1v) is 7.19. The van der Waals surface area contributed by atoms with Crippen LogP contribution in [0.15, 0.2) is 54.6 Å². The van der Waals surface area contributed by atoms with E-state index in [1.807, 2.05) is 31.3 Å². The summed E-state index contributed by atoms with van der Waals surface area (Å²) in [7, 11) is 5.29. The molecule has 0 spiro atoms. The van der Waals surface area contributed by atoms with Gasteiger partial charge < -0.3 is 14.8 Å². The maximum absolute atomic E-state index is 5.29. The average Bonchev–Trinajstić information content (AvgIpc) is 2.60. The highest BCUT2D eigenvalue weighted by molar-refractivity contribution is 5.90. The summed E-state index contributed by atoms with van der Waals surface area (Å²) in [5.74, 6) is 1.72. The molecule has 0 unspecified atom stereocenters. The number of fused-ring (bicyclic) bond motifs is 1. The lowest BCUT2D eigenvalue weighted by molar-refractivity contribution is 0.415. The SMILES string of the molecule is CNc1cc(OC)ccc1-c1ccc2cc(OC)ccc2c1. The highest BCUT2D eigenvalue weighted by atomic mass is 16.5. The van der Waals surface area contributed by atoms with Gasteiger partial charge in [0.05, 0.1) is 14.2 Å². The summed E-state index contributed by atoms with van der Waals surface area (Å²) in [5, 5.41) is 5.60. The van der Waals surface area contributed by atoms with Crippen LogP contribution < -0.4 is 14.8 Å². The third kappa shape index (κ3) is 2.58. The van der Waals surface area contributed by atoms with Gasteiger partial charge in [-0.05, 0) is 46.7 Å². The van der Waals surface area contributed by atoms with Gasteiger partial charge in [-0.1, -0.05) is 18.2 Å². The summed E-state index contributed by atoms with van der Waals surface area (Å²) in [6.45, 7) is 0. The normalized spacial score (nSPS) is 10.5. The predicted octanol–water partition coefficient (Wildman–Crippen LogP) is 4.57. The van der Waals surface area contributed by atoms with Crippen molar-refractivity contribution in [2.45, 2.75) is 0 Å². The van der Waals surface area contributed by atoms with E-state index in [-0.39, 0.29) is 0 Å². The van der Waals surface area contributed by atoms with Crippen LogP contribution in [0.3, 0.4) is 0 Å². The Labute approximate surface area is 130 Å². The molecule has 0 aliphatic carbocycles. The van der Waals surface area contributed by atoms with Gasteiger partial charge in [-0.15, -0.1) is 0 Å². The first-order valence-electron chi connectivity index (χ1n) is 7.19. The molecule has 22 heavy (non-hydrogen) atoms. The van der Waals surface area contributed by atoms with E-state index in [0.29, 0.717) is 0 Å². The summed E-state index contributed by atoms with van der Waals surface area (Å²) >= 11 is 0. The van der Waals surface area contributed by atoms with Gasteiger partial charge >= 0.3 is 0 Å². The molecule has 3 aromatic rings. The van der Waals surface area contributed by atoms with E-state index in [1.165, 1.54) is 16.3 Å². The van der Waals surface area contributed by atoms with Gasteiger partial charge in [0.1, 0.15) is 11.5 Å². The lowest BCUT2D eigenvalue weighted by Gasteiger charge is -2.12. The van der Waals surface area contributed by atoms with Crippen LogP contribution in [0.4, 0.5) is 5.69 Å². The Balaban J connectivity index is 2.10. The molecular weight excluding hydrogens is 274 g/mol. The van der Waals surface area contributed by atoms with Gasteiger partial charge in [-0.2, -0.15) is 0 Å². The second kappa shape index (κ2) is 5.98. The molecular formula is C19H19NO2. The highest BCUT2D eigenvalue weighted by Gasteiger charge is 2.07. The first-order chi connectivity index (χ1) is 10.7. The zero-order valence-electron chi connectivity index (χ0n) is 13.0. The van der Waals surface area contributed by atoms with Gasteiger partial charge in [-0.25, -0.2) is 0 Å². The molecule has 0 radical (unpaired) electrons. The molecule has 3 nitrogen and oxygen atoms in total. The Morgan fingerprint density at radius 1 is 0.727 bits per heavy atom. The number of ether oxygens (including phenoxy) is 2. The van der Waals surface area contributed by atoms with E-state index in [9.17, 15) is 0 Å². The topological polar surface area (TPSA) is 30.5 Å². The Kier molecular flexibility index (Phi) is 3.88. The summed E-state index contributed by atoms with van der Waals surface area (Å²) in [5.41, 5.74) is 3.37. The van der Waals surface area contributed by atoms with E-state index in [2.05, 4.69) is 35.6 Å². The van der Waals surface area contributed by atoms with Gasteiger partial charge in [0.2, 0.25) is 0 Å². The van der Waals surface area contributed by atoms with E-state index >= 15 is 0 Å². The Hall–Kier alpha value is -2.68. The van der Waals surface area contributed by atoms with E-state index < -0.39 is 0 Å². The Bertz CT molecular complexity index is 812. The summed E-state index contributed by atoms with van der Waals surface area (Å²) in [4.78, 5) is 0. The van der Waals surface area contributed by atoms with E-state index in [0.717, 1.165) is 22.7 Å². The average molecular weight is 293 g/mol. The second-order valence-electron chi connectivity index (χ2n) is 5.09. The van der Waals surface area contributed by atoms with Crippen molar-refractivity contribution in [3.63, 3.8) is 0 Å². The molecule has 3 heteroatoms. The number of nitrogens with one attached hydrogen (secondary N) is 1. The van der Waals surface area contributed by atoms with Crippen LogP contribution in [0, 0.1) is 0 Å². The molecule has 0 saturated heterocycles. The van der Waals surface area contributed by atoms with Crippen LogP contribution in [-0.2, 0) is 0 Å². The van der Waals surface area contributed by atoms with Crippen LogP contribution in [-0.4, -0.2) is 21.3 Å². The lowest BCUT2D eigenvalue weighted by Crippen LogP contribution is -1.93. The van der Waals surface area contributed by atoms with Crippen molar-refractivity contribution in [2.75, 3.05) is 26.6 Å². The molecule has 112 valence electrons. The molecule has 0 aliphatic heterocycles. The molecule has 0 aromatic heterocycles. The number of hydrogen-bond donors (Lipinski definition) is 1. The fourth-order valence-corrected chi connectivity index (χ4v) is 2.63. The summed E-state index contributed by atoms with van der Waals surface area (Å²) in [6.07, 6.45) is 0. The van der Waals surface area contributed by atoms with Gasteiger partial charge in [-0.3, -0.25) is 0 Å². The number of rotatable bonds is 4. The van der Waals surface area contributed by atoms with Crippen LogP contribution in [0.1, 0.15) is 0 Å². The molecule has 1 N–H and O–H groups in total. The maximum Gasteiger partial charge on any atom is 0.120 e. The van der Waals surface area contributed by atoms with Crippen LogP contribution >= 0.6 is 0 Å². The minimum atomic E-state index is 0.846. The van der Waals surface area contributed by atoms with Crippen molar-refractivity contribution in [2.24, 2.45) is 0 Å². The Morgan fingerprint density at radius 2 is 1.36 bits per heavy atom. The largest absolute Gasteiger partial charge is 0.497 e. The summed E-state index contributed by atoms with van der Waals surface area (Å²) < 4.78 is 10.6. The number of methoxy groups -OCH3 is 2. The van der Waals surface area contributed by atoms with Gasteiger partial charge in [0, 0.05) is 24.4 Å². The van der Waals surface area contributed by atoms with Crippen LogP contribution in [0.2, 0.25) is 0 Å². The molecule has 0 fully saturated rings. The van der Waals surface area contributed by atoms with Crippen molar-refractivity contribution >= 4 is 16.5 Å². The fraction of sp³-hybridized carbons (Fsp3) is 0.158. The third-order valence-corrected chi connectivity index (χ3v) is 3.85. The fourth-order valence-electron chi connectivity index (χ4n) is 2.63. The molecule has 3 rings (SSSR count). The molecule has 3 aromatic carbocycles. The second-order valence-corrected chi connectivity index (χ2v) is 5.09. The smallest absolute Gasteiger partial charge is 0.120 e. The zero-order valence-corrected chi connectivity index (χ0v) is 13.0. The monoisotopic (exact) mass is 293 g/mol. The summed E-state index contributed by atoms with van der Waals surface area (Å²) in [6, 6.07) is 18.6. The van der Waals surface area contributed by atoms with E-state index in [1.54, 1.807) is 14.2 Å². The van der Waals surface area contributed by atoms with Gasteiger partial charge in [0.15, 0.2) is 0 Å². The van der Waals surface area contributed by atoms with Crippen molar-refractivity contribution in [3.05, 3.63) is 54.6 Å². The van der Waals surface area contributed by atoms with Crippen LogP contribution in [0.5, 0.6) is 11.5 Å². The number of anilines is 1. The number of hydrogen-bond acceptors (Lipinski definition) is 3. The van der Waals surface area contributed by atoms with Crippen LogP contribution in [0.25, 0.3) is 21.9 Å². The minimum absolute atomic E-state index is 0.846. The standard InChI is InChI=1S/C19H19NO2/c1-20-19-12-17(22-3)8-9-18(19)15-5-4-14-11-16(21-2)7-6-13(14)10-15/h4-12,20H,1-3H3. The first kappa shape index (κ1) is 14.3. The molecule has 0 saturated carbocycles. The van der Waals surface area contributed by atoms with Crippen molar-refractivity contribution in [1.82, 2.24) is 0 Å². The third-order valence-electron chi connectivity index (χ3n) is 3.85. The van der Waals surface area contributed by atoms with Gasteiger partial charge in [0.25, 0.3) is 0 Å². The number of benzene rings is 3. The maximum atomic E-state index is 5.29. The van der Waals surface area contributed by atoms with Crippen molar-refractivity contribution < 1.29 is 9.47 Å².